The molecule has 0 radical (unpaired) electrons. The molecule has 168 valence electrons. The molecule has 2 rings (SSSR count). The summed E-state index contributed by atoms with van der Waals surface area (Å²) in [6.45, 7) is 2.72. The van der Waals surface area contributed by atoms with Gasteiger partial charge in [-0.15, -0.1) is 11.3 Å². The average molecular weight is 461 g/mol. The molecule has 0 fully saturated rings. The fourth-order valence-corrected chi connectivity index (χ4v) is 3.74. The number of thiophene rings is 1. The molecule has 1 heterocycles. The second-order valence-corrected chi connectivity index (χ2v) is 7.17. The molecular formula is C19H19F4N3O4S. The minimum absolute atomic E-state index is 0.0138. The van der Waals surface area contributed by atoms with E-state index in [4.69, 9.17) is 4.74 Å². The average Bonchev–Trinajstić information content (AvgIpc) is 3.01. The molecule has 3 N–H and O–H groups in total. The second-order valence-electron chi connectivity index (χ2n) is 6.15. The van der Waals surface area contributed by atoms with Gasteiger partial charge >= 0.3 is 12.1 Å². The lowest BCUT2D eigenvalue weighted by molar-refractivity contribution is -0.139. The van der Waals surface area contributed by atoms with E-state index >= 15 is 0 Å². The van der Waals surface area contributed by atoms with Crippen molar-refractivity contribution in [3.63, 3.8) is 0 Å². The van der Waals surface area contributed by atoms with Crippen LogP contribution in [-0.4, -0.2) is 38.0 Å². The van der Waals surface area contributed by atoms with Crippen molar-refractivity contribution in [1.29, 1.82) is 0 Å². The summed E-state index contributed by atoms with van der Waals surface area (Å²) < 4.78 is 56.8. The van der Waals surface area contributed by atoms with Crippen LogP contribution in [0.1, 0.15) is 38.1 Å². The Morgan fingerprint density at radius 3 is 2.45 bits per heavy atom. The van der Waals surface area contributed by atoms with Gasteiger partial charge in [0.05, 0.1) is 29.2 Å². The molecule has 1 aromatic carbocycles. The number of carbonyl (C=O) groups excluding carboxylic acids is 3. The lowest BCUT2D eigenvalue weighted by Crippen LogP contribution is -2.23. The molecule has 0 saturated heterocycles. The van der Waals surface area contributed by atoms with Gasteiger partial charge in [0.15, 0.2) is 0 Å². The largest absolute Gasteiger partial charge is 0.462 e. The maximum atomic E-state index is 13.4. The summed E-state index contributed by atoms with van der Waals surface area (Å²) in [6.07, 6.45) is -4.89. The smallest absolute Gasteiger partial charge is 0.419 e. The molecule has 0 spiro atoms. The van der Waals surface area contributed by atoms with Crippen LogP contribution in [0, 0.1) is 12.7 Å². The van der Waals surface area contributed by atoms with Crippen molar-refractivity contribution >= 4 is 39.8 Å². The van der Waals surface area contributed by atoms with Gasteiger partial charge in [0.1, 0.15) is 10.8 Å². The Morgan fingerprint density at radius 2 is 1.87 bits per heavy atom. The van der Waals surface area contributed by atoms with E-state index in [9.17, 15) is 31.9 Å². The quantitative estimate of drug-likeness (QED) is 0.431. The fourth-order valence-electron chi connectivity index (χ4n) is 2.59. The van der Waals surface area contributed by atoms with Gasteiger partial charge in [-0.3, -0.25) is 9.59 Å². The summed E-state index contributed by atoms with van der Waals surface area (Å²) in [5.41, 5.74) is -1.26. The highest BCUT2D eigenvalue weighted by Crippen LogP contribution is 2.34. The van der Waals surface area contributed by atoms with Crippen molar-refractivity contribution in [2.75, 3.05) is 30.8 Å². The van der Waals surface area contributed by atoms with Gasteiger partial charge in [-0.1, -0.05) is 0 Å². The van der Waals surface area contributed by atoms with Crippen molar-refractivity contribution in [3.8, 4) is 0 Å². The number of esters is 1. The van der Waals surface area contributed by atoms with E-state index < -0.39 is 41.9 Å². The first kappa shape index (κ1) is 24.1. The number of nitrogens with one attached hydrogen (secondary N) is 3. The molecule has 0 bridgehead atoms. The van der Waals surface area contributed by atoms with Crippen LogP contribution in [0.15, 0.2) is 18.2 Å². The number of alkyl halides is 3. The van der Waals surface area contributed by atoms with E-state index in [1.54, 1.807) is 6.92 Å². The second kappa shape index (κ2) is 9.77. The highest BCUT2D eigenvalue weighted by atomic mass is 32.1. The normalized spacial score (nSPS) is 11.1. The van der Waals surface area contributed by atoms with Crippen LogP contribution in [0.3, 0.4) is 0 Å². The predicted octanol–water partition coefficient (Wildman–Crippen LogP) is 3.80. The first-order valence-corrected chi connectivity index (χ1v) is 9.74. The molecule has 0 atom stereocenters. The summed E-state index contributed by atoms with van der Waals surface area (Å²) in [5, 5.41) is 7.41. The molecule has 31 heavy (non-hydrogen) atoms. The molecule has 7 nitrogen and oxygen atoms in total. The van der Waals surface area contributed by atoms with E-state index in [1.807, 2.05) is 0 Å². The topological polar surface area (TPSA) is 96.5 Å². The lowest BCUT2D eigenvalue weighted by atomic mass is 10.1. The molecule has 12 heteroatoms. The van der Waals surface area contributed by atoms with Gasteiger partial charge in [-0.25, -0.2) is 9.18 Å². The molecule has 0 unspecified atom stereocenters. The highest BCUT2D eigenvalue weighted by molar-refractivity contribution is 7.18. The summed E-state index contributed by atoms with van der Waals surface area (Å²) in [7, 11) is 1.41. The minimum atomic E-state index is -4.89. The molecule has 0 saturated carbocycles. The Morgan fingerprint density at radius 1 is 1.19 bits per heavy atom. The Hall–Kier alpha value is -3.15. The van der Waals surface area contributed by atoms with Gasteiger partial charge in [-0.2, -0.15) is 13.2 Å². The van der Waals surface area contributed by atoms with Crippen molar-refractivity contribution in [3.05, 3.63) is 45.6 Å². The number of halogens is 4. The molecule has 2 amide bonds. The van der Waals surface area contributed by atoms with Crippen LogP contribution < -0.4 is 16.0 Å². The molecule has 0 aliphatic rings. The van der Waals surface area contributed by atoms with E-state index in [1.165, 1.54) is 14.0 Å². The predicted molar refractivity (Wildman–Crippen MR) is 107 cm³/mol. The number of ether oxygens (including phenoxy) is 1. The third-order valence-corrected chi connectivity index (χ3v) is 5.24. The van der Waals surface area contributed by atoms with E-state index in [-0.39, 0.29) is 27.7 Å². The summed E-state index contributed by atoms with van der Waals surface area (Å²) in [6, 6.07) is 2.24. The zero-order chi connectivity index (χ0) is 23.3. The van der Waals surface area contributed by atoms with E-state index in [0.29, 0.717) is 17.7 Å². The third-order valence-electron chi connectivity index (χ3n) is 4.04. The molecule has 0 aliphatic carbocycles. The van der Waals surface area contributed by atoms with Crippen molar-refractivity contribution < 1.29 is 36.7 Å². The van der Waals surface area contributed by atoms with Crippen molar-refractivity contribution in [2.45, 2.75) is 20.0 Å². The summed E-state index contributed by atoms with van der Waals surface area (Å²) in [4.78, 5) is 36.8. The number of rotatable bonds is 7. The van der Waals surface area contributed by atoms with Crippen LogP contribution in [-0.2, 0) is 15.7 Å². The van der Waals surface area contributed by atoms with Crippen molar-refractivity contribution in [1.82, 2.24) is 5.32 Å². The SMILES string of the molecule is CCOC(=O)c1c(NC(=O)CNc2ccc(F)c(C(F)(F)F)c2)sc(C(=O)NC)c1C. The first-order valence-electron chi connectivity index (χ1n) is 8.92. The van der Waals surface area contributed by atoms with Gasteiger partial charge in [0.25, 0.3) is 5.91 Å². The maximum absolute atomic E-state index is 13.4. The standard InChI is InChI=1S/C19H19F4N3O4S/c1-4-30-18(29)14-9(2)15(16(28)24-3)31-17(14)26-13(27)8-25-10-5-6-12(20)11(7-10)19(21,22)23/h5-7,25H,4,8H2,1-3H3,(H,24,28)(H,26,27). The minimum Gasteiger partial charge on any atom is -0.462 e. The van der Waals surface area contributed by atoms with Crippen LogP contribution in [0.2, 0.25) is 0 Å². The monoisotopic (exact) mass is 461 g/mol. The van der Waals surface area contributed by atoms with Crippen LogP contribution in [0.4, 0.5) is 28.3 Å². The zero-order valence-electron chi connectivity index (χ0n) is 16.7. The Labute approximate surface area is 178 Å². The van der Waals surface area contributed by atoms with Gasteiger partial charge < -0.3 is 20.7 Å². The Balaban J connectivity index is 2.20. The number of anilines is 2. The Kier molecular flexibility index (Phi) is 7.60. The first-order chi connectivity index (χ1) is 14.5. The molecule has 2 aromatic rings. The van der Waals surface area contributed by atoms with E-state index in [2.05, 4.69) is 16.0 Å². The molecule has 1 aromatic heterocycles. The van der Waals surface area contributed by atoms with Crippen LogP contribution in [0.25, 0.3) is 0 Å². The number of carbonyl (C=O) groups is 3. The zero-order valence-corrected chi connectivity index (χ0v) is 17.5. The summed E-state index contributed by atoms with van der Waals surface area (Å²) >= 11 is 0.860. The fraction of sp³-hybridized carbons (Fsp3) is 0.316. The van der Waals surface area contributed by atoms with E-state index in [0.717, 1.165) is 17.4 Å². The van der Waals surface area contributed by atoms with Crippen LogP contribution in [0.5, 0.6) is 0 Å². The number of hydrogen-bond donors (Lipinski definition) is 3. The highest BCUT2D eigenvalue weighted by Gasteiger charge is 2.34. The third kappa shape index (κ3) is 5.72. The molecular weight excluding hydrogens is 442 g/mol. The van der Waals surface area contributed by atoms with Gasteiger partial charge in [0, 0.05) is 12.7 Å². The number of benzene rings is 1. The molecule has 0 aliphatic heterocycles. The summed E-state index contributed by atoms with van der Waals surface area (Å²) in [5.74, 6) is -3.33. The van der Waals surface area contributed by atoms with Gasteiger partial charge in [-0.05, 0) is 37.6 Å². The number of amides is 2. The van der Waals surface area contributed by atoms with Crippen LogP contribution >= 0.6 is 11.3 Å². The lowest BCUT2D eigenvalue weighted by Gasteiger charge is -2.12. The van der Waals surface area contributed by atoms with Crippen molar-refractivity contribution in [2.24, 2.45) is 0 Å². The van der Waals surface area contributed by atoms with Gasteiger partial charge in [0.2, 0.25) is 5.91 Å². The number of hydrogen-bond acceptors (Lipinski definition) is 6. The maximum Gasteiger partial charge on any atom is 0.419 e. The Bertz CT molecular complexity index is 1000.